The first-order chi connectivity index (χ1) is 12.9. The van der Waals surface area contributed by atoms with Gasteiger partial charge in [-0.1, -0.05) is 59.6 Å². The van der Waals surface area contributed by atoms with Crippen molar-refractivity contribution in [1.29, 1.82) is 0 Å². The van der Waals surface area contributed by atoms with Gasteiger partial charge in [-0.2, -0.15) is 0 Å². The minimum atomic E-state index is -0.589. The molecule has 144 valence electrons. The summed E-state index contributed by atoms with van der Waals surface area (Å²) in [7, 11) is 1.56. The molecular weight excluding hydrogens is 403 g/mol. The Morgan fingerprint density at radius 2 is 1.78 bits per heavy atom. The number of likely N-dealkylation sites (N-methyl/N-ethyl adjacent to an activating group) is 1. The molecule has 7 heteroatoms. The first kappa shape index (κ1) is 21.6. The van der Waals surface area contributed by atoms with Crippen LogP contribution in [0, 0.1) is 0 Å². The number of amides is 2. The van der Waals surface area contributed by atoms with Crippen LogP contribution >= 0.6 is 35.0 Å². The van der Waals surface area contributed by atoms with Crippen molar-refractivity contribution in [2.75, 3.05) is 12.8 Å². The van der Waals surface area contributed by atoms with E-state index in [0.717, 1.165) is 16.9 Å². The fourth-order valence-electron chi connectivity index (χ4n) is 2.54. The lowest BCUT2D eigenvalue weighted by atomic mass is 10.1. The fourth-order valence-corrected chi connectivity index (χ4v) is 3.73. The van der Waals surface area contributed by atoms with Gasteiger partial charge in [-0.3, -0.25) is 9.59 Å². The van der Waals surface area contributed by atoms with Crippen LogP contribution in [0.1, 0.15) is 18.1 Å². The lowest BCUT2D eigenvalue weighted by Crippen LogP contribution is -2.47. The average molecular weight is 425 g/mol. The van der Waals surface area contributed by atoms with Gasteiger partial charge in [0.15, 0.2) is 0 Å². The Bertz CT molecular complexity index is 787. The lowest BCUT2D eigenvalue weighted by Gasteiger charge is -2.28. The van der Waals surface area contributed by atoms with Crippen LogP contribution in [0.3, 0.4) is 0 Å². The van der Waals surface area contributed by atoms with Gasteiger partial charge in [0, 0.05) is 19.3 Å². The molecule has 1 unspecified atom stereocenters. The molecular formula is C20H22Cl2N2O2S. The Balaban J connectivity index is 2.07. The number of thioether (sulfide) groups is 1. The Morgan fingerprint density at radius 1 is 1.07 bits per heavy atom. The van der Waals surface area contributed by atoms with E-state index in [-0.39, 0.29) is 24.1 Å². The summed E-state index contributed by atoms with van der Waals surface area (Å²) in [5.41, 5.74) is 1.98. The van der Waals surface area contributed by atoms with E-state index in [0.29, 0.717) is 10.0 Å². The first-order valence-electron chi connectivity index (χ1n) is 8.49. The minimum Gasteiger partial charge on any atom is -0.357 e. The molecule has 0 spiro atoms. The monoisotopic (exact) mass is 424 g/mol. The summed E-state index contributed by atoms with van der Waals surface area (Å²) < 4.78 is 0. The number of halogens is 2. The second kappa shape index (κ2) is 10.6. The number of hydrogen-bond donors (Lipinski definition) is 1. The molecule has 1 N–H and O–H groups in total. The predicted molar refractivity (Wildman–Crippen MR) is 113 cm³/mol. The standard InChI is InChI=1S/C20H22Cl2N2O2S/c1-14(20(26)23-2)24(11-16-8-9-17(21)18(22)10-16)19(25)13-27-12-15-6-4-3-5-7-15/h3-10,14H,11-13H2,1-2H3,(H,23,26). The quantitative estimate of drug-likeness (QED) is 0.683. The molecule has 2 aromatic carbocycles. The van der Waals surface area contributed by atoms with E-state index in [1.165, 1.54) is 11.8 Å². The van der Waals surface area contributed by atoms with Crippen molar-refractivity contribution in [3.05, 3.63) is 69.7 Å². The van der Waals surface area contributed by atoms with Crippen molar-refractivity contribution in [2.45, 2.75) is 25.3 Å². The second-order valence-electron chi connectivity index (χ2n) is 6.04. The second-order valence-corrected chi connectivity index (χ2v) is 7.84. The third-order valence-corrected chi connectivity index (χ3v) is 5.82. The molecule has 0 saturated heterocycles. The van der Waals surface area contributed by atoms with E-state index >= 15 is 0 Å². The molecule has 0 fully saturated rings. The number of rotatable bonds is 8. The highest BCUT2D eigenvalue weighted by molar-refractivity contribution is 7.99. The highest BCUT2D eigenvalue weighted by Gasteiger charge is 2.25. The van der Waals surface area contributed by atoms with Gasteiger partial charge in [-0.25, -0.2) is 0 Å². The van der Waals surface area contributed by atoms with Crippen LogP contribution in [0.5, 0.6) is 0 Å². The maximum Gasteiger partial charge on any atom is 0.242 e. The van der Waals surface area contributed by atoms with Gasteiger partial charge in [-0.15, -0.1) is 11.8 Å². The molecule has 0 saturated carbocycles. The summed E-state index contributed by atoms with van der Waals surface area (Å²) >= 11 is 13.6. The van der Waals surface area contributed by atoms with Crippen LogP contribution in [0.15, 0.2) is 48.5 Å². The summed E-state index contributed by atoms with van der Waals surface area (Å²) in [6, 6.07) is 14.6. The van der Waals surface area contributed by atoms with Crippen molar-refractivity contribution in [3.8, 4) is 0 Å². The minimum absolute atomic E-state index is 0.0990. The Labute approximate surface area is 174 Å². The van der Waals surface area contributed by atoms with Gasteiger partial charge in [0.25, 0.3) is 0 Å². The van der Waals surface area contributed by atoms with Crippen LogP contribution in [0.25, 0.3) is 0 Å². The summed E-state index contributed by atoms with van der Waals surface area (Å²) in [6.45, 7) is 2.01. The van der Waals surface area contributed by atoms with Crippen LogP contribution < -0.4 is 5.32 Å². The zero-order valence-electron chi connectivity index (χ0n) is 15.2. The third-order valence-electron chi connectivity index (χ3n) is 4.09. The van der Waals surface area contributed by atoms with Gasteiger partial charge in [0.1, 0.15) is 6.04 Å². The smallest absolute Gasteiger partial charge is 0.242 e. The predicted octanol–water partition coefficient (Wildman–Crippen LogP) is 4.39. The largest absolute Gasteiger partial charge is 0.357 e. The van der Waals surface area contributed by atoms with E-state index in [9.17, 15) is 9.59 Å². The number of nitrogens with one attached hydrogen (secondary N) is 1. The summed E-state index contributed by atoms with van der Waals surface area (Å²) in [5, 5.41) is 3.48. The molecule has 4 nitrogen and oxygen atoms in total. The van der Waals surface area contributed by atoms with Crippen LogP contribution in [0.4, 0.5) is 0 Å². The molecule has 2 rings (SSSR count). The molecule has 2 amide bonds. The maximum absolute atomic E-state index is 12.8. The summed E-state index contributed by atoms with van der Waals surface area (Å²) in [6.07, 6.45) is 0. The number of carbonyl (C=O) groups is 2. The number of benzene rings is 2. The summed E-state index contributed by atoms with van der Waals surface area (Å²) in [4.78, 5) is 26.5. The van der Waals surface area contributed by atoms with Crippen molar-refractivity contribution < 1.29 is 9.59 Å². The van der Waals surface area contributed by atoms with Gasteiger partial charge in [-0.05, 0) is 30.2 Å². The van der Waals surface area contributed by atoms with E-state index in [1.807, 2.05) is 36.4 Å². The normalized spacial score (nSPS) is 11.7. The fraction of sp³-hybridized carbons (Fsp3) is 0.300. The molecule has 0 aromatic heterocycles. The van der Waals surface area contributed by atoms with Crippen molar-refractivity contribution >= 4 is 46.8 Å². The Hall–Kier alpha value is -1.69. The van der Waals surface area contributed by atoms with Gasteiger partial charge in [0.05, 0.1) is 15.8 Å². The summed E-state index contributed by atoms with van der Waals surface area (Å²) in [5.74, 6) is 0.716. The highest BCUT2D eigenvalue weighted by Crippen LogP contribution is 2.24. The van der Waals surface area contributed by atoms with Gasteiger partial charge < -0.3 is 10.2 Å². The number of carbonyl (C=O) groups excluding carboxylic acids is 2. The number of nitrogens with zero attached hydrogens (tertiary/aromatic N) is 1. The number of hydrogen-bond acceptors (Lipinski definition) is 3. The highest BCUT2D eigenvalue weighted by atomic mass is 35.5. The molecule has 2 aromatic rings. The van der Waals surface area contributed by atoms with Crippen molar-refractivity contribution in [3.63, 3.8) is 0 Å². The van der Waals surface area contributed by atoms with Crippen LogP contribution in [-0.4, -0.2) is 35.6 Å². The van der Waals surface area contributed by atoms with Gasteiger partial charge >= 0.3 is 0 Å². The van der Waals surface area contributed by atoms with E-state index in [1.54, 1.807) is 31.0 Å². The van der Waals surface area contributed by atoms with E-state index in [2.05, 4.69) is 5.32 Å². The Kier molecular flexibility index (Phi) is 8.48. The third kappa shape index (κ3) is 6.45. The zero-order chi connectivity index (χ0) is 19.8. The van der Waals surface area contributed by atoms with Crippen molar-refractivity contribution in [2.24, 2.45) is 0 Å². The van der Waals surface area contributed by atoms with E-state index in [4.69, 9.17) is 23.2 Å². The average Bonchev–Trinajstić information content (AvgIpc) is 2.68. The molecule has 0 bridgehead atoms. The zero-order valence-corrected chi connectivity index (χ0v) is 17.6. The SMILES string of the molecule is CNC(=O)C(C)N(Cc1ccc(Cl)c(Cl)c1)C(=O)CSCc1ccccc1. The topological polar surface area (TPSA) is 49.4 Å². The molecule has 1 atom stereocenters. The Morgan fingerprint density at radius 3 is 2.41 bits per heavy atom. The lowest BCUT2D eigenvalue weighted by molar-refractivity contribution is -0.138. The van der Waals surface area contributed by atoms with Gasteiger partial charge in [0.2, 0.25) is 11.8 Å². The molecule has 27 heavy (non-hydrogen) atoms. The molecule has 0 aliphatic rings. The van der Waals surface area contributed by atoms with Crippen LogP contribution in [0.2, 0.25) is 10.0 Å². The molecule has 0 aliphatic carbocycles. The molecule has 0 heterocycles. The van der Waals surface area contributed by atoms with E-state index < -0.39 is 6.04 Å². The molecule has 0 radical (unpaired) electrons. The van der Waals surface area contributed by atoms with Crippen molar-refractivity contribution in [1.82, 2.24) is 10.2 Å². The maximum atomic E-state index is 12.8. The molecule has 0 aliphatic heterocycles. The van der Waals surface area contributed by atoms with Crippen LogP contribution in [-0.2, 0) is 21.9 Å². The first-order valence-corrected chi connectivity index (χ1v) is 10.4.